The number of nitrogens with one attached hydrogen (secondary N) is 1. The minimum absolute atomic E-state index is 0.365. The third kappa shape index (κ3) is 1.82. The van der Waals surface area contributed by atoms with Gasteiger partial charge in [-0.3, -0.25) is 0 Å². The number of hydroxylamine groups is 2. The highest BCUT2D eigenvalue weighted by atomic mass is 16.7. The van der Waals surface area contributed by atoms with Gasteiger partial charge < -0.3 is 4.98 Å². The molecule has 0 fully saturated rings. The summed E-state index contributed by atoms with van der Waals surface area (Å²) in [4.78, 5) is 20.3. The summed E-state index contributed by atoms with van der Waals surface area (Å²) in [6, 6.07) is 9.53. The quantitative estimate of drug-likeness (QED) is 0.664. The van der Waals surface area contributed by atoms with E-state index in [2.05, 4.69) is 4.98 Å². The molecule has 0 aliphatic carbocycles. The van der Waals surface area contributed by atoms with Crippen molar-refractivity contribution in [1.29, 1.82) is 0 Å². The Labute approximate surface area is 105 Å². The summed E-state index contributed by atoms with van der Waals surface area (Å²) in [5.74, 6) is 0.0774. The van der Waals surface area contributed by atoms with Crippen LogP contribution in [0.15, 0.2) is 30.3 Å². The van der Waals surface area contributed by atoms with E-state index >= 15 is 0 Å². The lowest BCUT2D eigenvalue weighted by Gasteiger charge is -2.27. The molecule has 1 N–H and O–H groups in total. The standard InChI is InChI=1S/C13H16N2O3/c1-3-15(18-2,13(17)9-16)12-8-10-6-4-5-7-11(10)14-12/h4-8,14H,3,9H2,1-2H3/q+1. The number of carbonyl (C=O) groups excluding carboxylic acids is 1. The zero-order valence-corrected chi connectivity index (χ0v) is 10.5. The minimum atomic E-state index is -0.808. The Kier molecular flexibility index (Phi) is 3.47. The van der Waals surface area contributed by atoms with Crippen molar-refractivity contribution in [3.05, 3.63) is 30.3 Å². The maximum absolute atomic E-state index is 11.9. The van der Waals surface area contributed by atoms with E-state index < -0.39 is 17.2 Å². The van der Waals surface area contributed by atoms with Crippen molar-refractivity contribution in [3.8, 4) is 0 Å². The number of carbonyl (C=O) groups is 1. The second-order valence-electron chi connectivity index (χ2n) is 4.02. The molecule has 2 aromatic rings. The Bertz CT molecular complexity index is 525. The van der Waals surface area contributed by atoms with Crippen LogP contribution in [0.3, 0.4) is 0 Å². The number of H-pyrrole nitrogens is 1. The molecule has 0 saturated heterocycles. The SMILES string of the molecule is CC[N+](OC)(C(=O)C[O])c1cc2ccccc2[nH]1. The Hall–Kier alpha value is -1.69. The van der Waals surface area contributed by atoms with Crippen LogP contribution < -0.4 is 4.65 Å². The molecule has 1 radical (unpaired) electrons. The summed E-state index contributed by atoms with van der Waals surface area (Å²) in [6.45, 7) is 1.37. The van der Waals surface area contributed by atoms with E-state index in [1.165, 1.54) is 7.11 Å². The van der Waals surface area contributed by atoms with Crippen LogP contribution in [0.25, 0.3) is 10.9 Å². The highest BCUT2D eigenvalue weighted by Crippen LogP contribution is 2.27. The predicted molar refractivity (Wildman–Crippen MR) is 68.2 cm³/mol. The Morgan fingerprint density at radius 1 is 1.39 bits per heavy atom. The number of nitrogens with zero attached hydrogens (tertiary/aromatic N) is 1. The molecular formula is C13H16N2O3+. The monoisotopic (exact) mass is 248 g/mol. The third-order valence-electron chi connectivity index (χ3n) is 3.19. The van der Waals surface area contributed by atoms with Gasteiger partial charge in [-0.25, -0.2) is 9.90 Å². The van der Waals surface area contributed by atoms with Gasteiger partial charge in [0.05, 0.1) is 12.6 Å². The lowest BCUT2D eigenvalue weighted by molar-refractivity contribution is -0.175. The highest BCUT2D eigenvalue weighted by Gasteiger charge is 2.40. The second-order valence-corrected chi connectivity index (χ2v) is 4.02. The van der Waals surface area contributed by atoms with Crippen molar-refractivity contribution >= 4 is 22.6 Å². The second kappa shape index (κ2) is 4.89. The summed E-state index contributed by atoms with van der Waals surface area (Å²) < 4.78 is -0.405. The number of hydrogen-bond acceptors (Lipinski definition) is 2. The van der Waals surface area contributed by atoms with E-state index in [1.54, 1.807) is 0 Å². The molecule has 1 aromatic heterocycles. The molecule has 0 bridgehead atoms. The number of likely N-dealkylation sites (N-methyl/N-ethyl adjacent to an activating group) is 1. The first-order valence-corrected chi connectivity index (χ1v) is 5.81. The maximum atomic E-state index is 11.9. The number of aromatic nitrogens is 1. The van der Waals surface area contributed by atoms with E-state index in [9.17, 15) is 9.90 Å². The average Bonchev–Trinajstić information content (AvgIpc) is 2.84. The molecule has 0 aliphatic heterocycles. The number of aromatic amines is 1. The van der Waals surface area contributed by atoms with Crippen molar-refractivity contribution in [1.82, 2.24) is 9.63 Å². The average molecular weight is 248 g/mol. The van der Waals surface area contributed by atoms with Crippen LogP contribution in [-0.2, 0) is 14.7 Å². The number of amides is 1. The number of quaternary nitrogens is 1. The van der Waals surface area contributed by atoms with Gasteiger partial charge in [0, 0.05) is 11.5 Å². The summed E-state index contributed by atoms with van der Waals surface area (Å²) in [5.41, 5.74) is 0.916. The van der Waals surface area contributed by atoms with Crippen molar-refractivity contribution in [2.45, 2.75) is 6.92 Å². The predicted octanol–water partition coefficient (Wildman–Crippen LogP) is 2.01. The Morgan fingerprint density at radius 3 is 2.67 bits per heavy atom. The molecular weight excluding hydrogens is 232 g/mol. The first-order valence-electron chi connectivity index (χ1n) is 5.81. The number of hydrogen-bond donors (Lipinski definition) is 1. The van der Waals surface area contributed by atoms with Gasteiger partial charge in [-0.1, -0.05) is 22.8 Å². The lowest BCUT2D eigenvalue weighted by Crippen LogP contribution is -2.54. The number of benzene rings is 1. The van der Waals surface area contributed by atoms with Crippen LogP contribution in [0.4, 0.5) is 5.82 Å². The zero-order chi connectivity index (χ0) is 13.2. The fourth-order valence-corrected chi connectivity index (χ4v) is 2.17. The van der Waals surface area contributed by atoms with Crippen LogP contribution in [-0.4, -0.2) is 31.2 Å². The normalized spacial score (nSPS) is 14.6. The largest absolute Gasteiger partial charge is 0.381 e. The van der Waals surface area contributed by atoms with Gasteiger partial charge in [-0.15, -0.1) is 0 Å². The van der Waals surface area contributed by atoms with Gasteiger partial charge in [0.25, 0.3) is 0 Å². The van der Waals surface area contributed by atoms with Crippen molar-refractivity contribution in [2.24, 2.45) is 0 Å². The van der Waals surface area contributed by atoms with Crippen LogP contribution in [0, 0.1) is 0 Å². The lowest BCUT2D eigenvalue weighted by atomic mass is 10.2. The molecule has 95 valence electrons. The number of para-hydroxylation sites is 1. The highest BCUT2D eigenvalue weighted by molar-refractivity contribution is 5.91. The summed E-state index contributed by atoms with van der Waals surface area (Å²) >= 11 is 0. The number of rotatable bonds is 4. The molecule has 5 nitrogen and oxygen atoms in total. The van der Waals surface area contributed by atoms with Crippen molar-refractivity contribution in [2.75, 3.05) is 20.3 Å². The van der Waals surface area contributed by atoms with Crippen LogP contribution in [0.5, 0.6) is 0 Å². The van der Waals surface area contributed by atoms with E-state index in [4.69, 9.17) is 4.84 Å². The molecule has 1 atom stereocenters. The molecule has 18 heavy (non-hydrogen) atoms. The molecule has 1 amide bonds. The topological polar surface area (TPSA) is 62.0 Å². The van der Waals surface area contributed by atoms with Gasteiger partial charge in [0.2, 0.25) is 12.4 Å². The molecule has 5 heteroatoms. The van der Waals surface area contributed by atoms with E-state index in [-0.39, 0.29) is 0 Å². The number of fused-ring (bicyclic) bond motifs is 1. The van der Waals surface area contributed by atoms with Gasteiger partial charge >= 0.3 is 5.91 Å². The summed E-state index contributed by atoms with van der Waals surface area (Å²) in [7, 11) is 1.43. The maximum Gasteiger partial charge on any atom is 0.381 e. The first kappa shape index (κ1) is 12.8. The van der Waals surface area contributed by atoms with Crippen LogP contribution in [0.2, 0.25) is 0 Å². The molecule has 0 spiro atoms. The summed E-state index contributed by atoms with van der Waals surface area (Å²) in [6.07, 6.45) is 0. The fourth-order valence-electron chi connectivity index (χ4n) is 2.17. The molecule has 1 aromatic carbocycles. The van der Waals surface area contributed by atoms with Gasteiger partial charge in [0.15, 0.2) is 0 Å². The van der Waals surface area contributed by atoms with Crippen LogP contribution in [0.1, 0.15) is 6.92 Å². The Balaban J connectivity index is 2.57. The van der Waals surface area contributed by atoms with Gasteiger partial charge in [-0.05, 0) is 13.0 Å². The van der Waals surface area contributed by atoms with Gasteiger partial charge in [0.1, 0.15) is 6.54 Å². The van der Waals surface area contributed by atoms with Crippen molar-refractivity contribution < 1.29 is 14.7 Å². The van der Waals surface area contributed by atoms with Gasteiger partial charge in [-0.2, -0.15) is 4.84 Å². The third-order valence-corrected chi connectivity index (χ3v) is 3.19. The smallest absolute Gasteiger partial charge is 0.308 e. The first-order chi connectivity index (χ1) is 8.67. The molecule has 0 aliphatic rings. The summed E-state index contributed by atoms with van der Waals surface area (Å²) in [5, 5.41) is 11.9. The fraction of sp³-hybridized carbons (Fsp3) is 0.308. The molecule has 0 saturated carbocycles. The van der Waals surface area contributed by atoms with E-state index in [0.717, 1.165) is 10.9 Å². The zero-order valence-electron chi connectivity index (χ0n) is 10.5. The molecule has 1 unspecified atom stereocenters. The minimum Gasteiger partial charge on any atom is -0.308 e. The van der Waals surface area contributed by atoms with Crippen molar-refractivity contribution in [3.63, 3.8) is 0 Å². The Morgan fingerprint density at radius 2 is 2.11 bits per heavy atom. The van der Waals surface area contributed by atoms with E-state index in [0.29, 0.717) is 12.4 Å². The van der Waals surface area contributed by atoms with Crippen LogP contribution >= 0.6 is 0 Å². The molecule has 1 heterocycles. The van der Waals surface area contributed by atoms with E-state index in [1.807, 2.05) is 37.3 Å². The molecule has 2 rings (SSSR count).